The summed E-state index contributed by atoms with van der Waals surface area (Å²) in [5, 5.41) is 13.5. The predicted molar refractivity (Wildman–Crippen MR) is 171 cm³/mol. The van der Waals surface area contributed by atoms with Crippen LogP contribution in [0.5, 0.6) is 0 Å². The molecule has 0 aliphatic carbocycles. The number of phosphoric ester groups is 1. The van der Waals surface area contributed by atoms with Crippen molar-refractivity contribution in [3.8, 4) is 0 Å². The van der Waals surface area contributed by atoms with Crippen LogP contribution < -0.4 is 5.32 Å². The number of amides is 1. The second-order valence-electron chi connectivity index (χ2n) is 11.8. The molecule has 1 amide bonds. The average molecular weight is 602 g/mol. The predicted octanol–water partition coefficient (Wildman–Crippen LogP) is 7.23. The number of allylic oxidation sites excluding steroid dienone is 5. The molecular weight excluding hydrogens is 539 g/mol. The summed E-state index contributed by atoms with van der Waals surface area (Å²) in [6.07, 6.45) is 26.9. The van der Waals surface area contributed by atoms with Gasteiger partial charge in [-0.05, 0) is 44.9 Å². The average Bonchev–Trinajstić information content (AvgIpc) is 2.90. The zero-order valence-corrected chi connectivity index (χ0v) is 27.7. The van der Waals surface area contributed by atoms with E-state index in [1.807, 2.05) is 27.2 Å². The fraction of sp³-hybridized carbons (Fsp3) is 0.781. The molecule has 0 spiro atoms. The first-order chi connectivity index (χ1) is 19.5. The summed E-state index contributed by atoms with van der Waals surface area (Å²) in [7, 11) is 1.53. The van der Waals surface area contributed by atoms with Crippen LogP contribution in [0.4, 0.5) is 0 Å². The molecule has 0 fully saturated rings. The molecule has 0 bridgehead atoms. The van der Waals surface area contributed by atoms with Gasteiger partial charge in [0, 0.05) is 6.42 Å². The molecule has 0 aromatic carbocycles. The number of nitrogens with zero attached hydrogens (tertiary/aromatic N) is 1. The molecular formula is C32H62N2O6P+. The molecule has 0 aromatic heterocycles. The summed E-state index contributed by atoms with van der Waals surface area (Å²) in [5.74, 6) is -0.214. The molecule has 0 saturated carbocycles. The van der Waals surface area contributed by atoms with E-state index >= 15 is 0 Å². The van der Waals surface area contributed by atoms with Crippen molar-refractivity contribution in [2.24, 2.45) is 0 Å². The van der Waals surface area contributed by atoms with Gasteiger partial charge in [-0.1, -0.05) is 95.2 Å². The molecule has 8 nitrogen and oxygen atoms in total. The standard InChI is InChI=1S/C32H61N2O6P/c1-6-8-10-12-13-14-15-16-17-18-19-20-21-22-23-25-31(35)30(33-32(36)26-24-11-9-7-2)29-40-41(37,38)39-28-27-34(3,4)5/h15-16,19-20,23,25,30-31,35H,6-14,17-18,21-22,24,26-29H2,1-5H3,(H-,33,36,37,38)/p+1/b16-15+,20-19+,25-23+. The summed E-state index contributed by atoms with van der Waals surface area (Å²) in [4.78, 5) is 22.5. The summed E-state index contributed by atoms with van der Waals surface area (Å²) in [5.41, 5.74) is 0. The van der Waals surface area contributed by atoms with Crippen molar-refractivity contribution in [3.63, 3.8) is 0 Å². The highest BCUT2D eigenvalue weighted by molar-refractivity contribution is 7.47. The maximum absolute atomic E-state index is 12.5. The smallest absolute Gasteiger partial charge is 0.387 e. The molecule has 0 aromatic rings. The highest BCUT2D eigenvalue weighted by atomic mass is 31.2. The Morgan fingerprint density at radius 3 is 1.93 bits per heavy atom. The number of aliphatic hydroxyl groups excluding tert-OH is 1. The van der Waals surface area contributed by atoms with Crippen LogP contribution in [0.2, 0.25) is 0 Å². The van der Waals surface area contributed by atoms with Gasteiger partial charge in [0.25, 0.3) is 0 Å². The Bertz CT molecular complexity index is 779. The van der Waals surface area contributed by atoms with Crippen molar-refractivity contribution >= 4 is 13.7 Å². The number of nitrogens with one attached hydrogen (secondary N) is 1. The van der Waals surface area contributed by atoms with Crippen molar-refractivity contribution in [2.45, 2.75) is 122 Å². The SMILES string of the molecule is CCCCCCC/C=C/CC/C=C/CC/C=C/C(O)C(COP(=O)(O)OCC[N+](C)(C)C)NC(=O)CCCCCC. The molecule has 3 atom stereocenters. The number of hydrogen-bond acceptors (Lipinski definition) is 5. The van der Waals surface area contributed by atoms with E-state index < -0.39 is 20.0 Å². The van der Waals surface area contributed by atoms with Crippen molar-refractivity contribution in [1.29, 1.82) is 0 Å². The third kappa shape index (κ3) is 27.3. The molecule has 9 heteroatoms. The van der Waals surface area contributed by atoms with E-state index in [1.165, 1.54) is 38.5 Å². The van der Waals surface area contributed by atoms with Gasteiger partial charge in [-0.25, -0.2) is 4.57 Å². The Morgan fingerprint density at radius 1 is 0.805 bits per heavy atom. The maximum atomic E-state index is 12.5. The van der Waals surface area contributed by atoms with E-state index in [0.717, 1.165) is 51.4 Å². The number of phosphoric acid groups is 1. The minimum atomic E-state index is -4.32. The molecule has 0 aliphatic rings. The van der Waals surface area contributed by atoms with Crippen LogP contribution in [0.3, 0.4) is 0 Å². The first-order valence-corrected chi connectivity index (χ1v) is 17.4. The van der Waals surface area contributed by atoms with Crippen LogP contribution in [-0.2, 0) is 18.4 Å². The molecule has 240 valence electrons. The maximum Gasteiger partial charge on any atom is 0.472 e. The highest BCUT2D eigenvalue weighted by Crippen LogP contribution is 2.43. The number of quaternary nitrogens is 1. The number of aliphatic hydroxyl groups is 1. The molecule has 0 heterocycles. The molecule has 41 heavy (non-hydrogen) atoms. The highest BCUT2D eigenvalue weighted by Gasteiger charge is 2.27. The monoisotopic (exact) mass is 601 g/mol. The van der Waals surface area contributed by atoms with Gasteiger partial charge >= 0.3 is 7.82 Å². The topological polar surface area (TPSA) is 105 Å². The van der Waals surface area contributed by atoms with Gasteiger partial charge in [-0.2, -0.15) is 0 Å². The van der Waals surface area contributed by atoms with Gasteiger partial charge in [-0.15, -0.1) is 0 Å². The number of carbonyl (C=O) groups excluding carboxylic acids is 1. The minimum Gasteiger partial charge on any atom is -0.387 e. The van der Waals surface area contributed by atoms with E-state index in [-0.39, 0.29) is 19.1 Å². The Labute approximate surface area is 251 Å². The summed E-state index contributed by atoms with van der Waals surface area (Å²) in [6.45, 7) is 4.59. The Kier molecular flexibility index (Phi) is 24.5. The fourth-order valence-electron chi connectivity index (χ4n) is 3.95. The number of rotatable bonds is 27. The molecule has 0 saturated heterocycles. The van der Waals surface area contributed by atoms with Crippen molar-refractivity contribution in [3.05, 3.63) is 36.5 Å². The number of likely N-dealkylation sites (N-methyl/N-ethyl adjacent to an activating group) is 1. The van der Waals surface area contributed by atoms with Crippen LogP contribution in [0.15, 0.2) is 36.5 Å². The van der Waals surface area contributed by atoms with E-state index in [0.29, 0.717) is 17.4 Å². The summed E-state index contributed by atoms with van der Waals surface area (Å²) >= 11 is 0. The van der Waals surface area contributed by atoms with Gasteiger partial charge in [0.2, 0.25) is 5.91 Å². The quantitative estimate of drug-likeness (QED) is 0.0397. The second-order valence-corrected chi connectivity index (χ2v) is 13.3. The molecule has 0 aliphatic heterocycles. The van der Waals surface area contributed by atoms with Crippen molar-refractivity contribution in [2.75, 3.05) is 40.9 Å². The lowest BCUT2D eigenvalue weighted by Crippen LogP contribution is -2.45. The van der Waals surface area contributed by atoms with Crippen LogP contribution in [0.25, 0.3) is 0 Å². The fourth-order valence-corrected chi connectivity index (χ4v) is 4.69. The van der Waals surface area contributed by atoms with Crippen molar-refractivity contribution < 1.29 is 32.9 Å². The van der Waals surface area contributed by atoms with E-state index in [4.69, 9.17) is 9.05 Å². The Morgan fingerprint density at radius 2 is 1.34 bits per heavy atom. The molecule has 0 radical (unpaired) electrons. The van der Waals surface area contributed by atoms with Gasteiger partial charge in [0.05, 0.1) is 39.9 Å². The van der Waals surface area contributed by atoms with E-state index in [2.05, 4.69) is 43.5 Å². The van der Waals surface area contributed by atoms with Gasteiger partial charge in [-0.3, -0.25) is 13.8 Å². The van der Waals surface area contributed by atoms with Crippen LogP contribution in [0, 0.1) is 0 Å². The van der Waals surface area contributed by atoms with Crippen LogP contribution in [-0.4, -0.2) is 73.4 Å². The number of hydrogen-bond donors (Lipinski definition) is 3. The lowest BCUT2D eigenvalue weighted by molar-refractivity contribution is -0.870. The van der Waals surface area contributed by atoms with E-state index in [9.17, 15) is 19.4 Å². The second kappa shape index (κ2) is 25.2. The minimum absolute atomic E-state index is 0.0527. The number of carbonyl (C=O) groups is 1. The first kappa shape index (κ1) is 39.7. The Hall–Kier alpha value is -1.28. The lowest BCUT2D eigenvalue weighted by Gasteiger charge is -2.25. The largest absolute Gasteiger partial charge is 0.472 e. The lowest BCUT2D eigenvalue weighted by atomic mass is 10.1. The zero-order valence-electron chi connectivity index (χ0n) is 26.8. The van der Waals surface area contributed by atoms with Crippen LogP contribution in [0.1, 0.15) is 110 Å². The zero-order chi connectivity index (χ0) is 30.8. The first-order valence-electron chi connectivity index (χ1n) is 15.9. The van der Waals surface area contributed by atoms with Gasteiger partial charge in [0.15, 0.2) is 0 Å². The van der Waals surface area contributed by atoms with Gasteiger partial charge in [0.1, 0.15) is 13.2 Å². The molecule has 0 rings (SSSR count). The molecule has 3 N–H and O–H groups in total. The normalized spacial score (nSPS) is 15.6. The third-order valence-corrected chi connectivity index (χ3v) is 7.57. The van der Waals surface area contributed by atoms with Crippen molar-refractivity contribution in [1.82, 2.24) is 5.32 Å². The Balaban J connectivity index is 4.60. The molecule has 3 unspecified atom stereocenters. The third-order valence-electron chi connectivity index (χ3n) is 6.59. The summed E-state index contributed by atoms with van der Waals surface area (Å²) < 4.78 is 23.1. The van der Waals surface area contributed by atoms with Gasteiger partial charge < -0.3 is 19.8 Å². The van der Waals surface area contributed by atoms with Crippen LogP contribution >= 0.6 is 7.82 Å². The summed E-state index contributed by atoms with van der Waals surface area (Å²) in [6, 6.07) is -0.860. The van der Waals surface area contributed by atoms with E-state index in [1.54, 1.807) is 6.08 Å². The number of unbranched alkanes of at least 4 members (excludes halogenated alkanes) is 10.